The molecule has 0 unspecified atom stereocenters. The molecule has 0 radical (unpaired) electrons. The fraction of sp³-hybridized carbons (Fsp3) is 0.471. The molecule has 24 heavy (non-hydrogen) atoms. The Kier molecular flexibility index (Phi) is 4.20. The highest BCUT2D eigenvalue weighted by molar-refractivity contribution is 7.71. The van der Waals surface area contributed by atoms with Crippen LogP contribution in [0.5, 0.6) is 0 Å². The Morgan fingerprint density at radius 1 is 1.17 bits per heavy atom. The van der Waals surface area contributed by atoms with Crippen LogP contribution in [-0.2, 0) is 11.5 Å². The molecule has 0 atom stereocenters. The van der Waals surface area contributed by atoms with Gasteiger partial charge in [0.1, 0.15) is 0 Å². The first-order valence-corrected chi connectivity index (χ1v) is 8.85. The number of H-pyrrole nitrogens is 1. The van der Waals surface area contributed by atoms with Gasteiger partial charge in [-0.3, -0.25) is 14.8 Å². The van der Waals surface area contributed by atoms with E-state index in [9.17, 15) is 4.79 Å². The molecule has 0 spiro atoms. The van der Waals surface area contributed by atoms with E-state index in [0.29, 0.717) is 23.3 Å². The maximum absolute atomic E-state index is 12.1. The van der Waals surface area contributed by atoms with Gasteiger partial charge in [-0.25, -0.2) is 4.68 Å². The number of carbonyl (C=O) groups excluding carboxylic acids is 1. The highest BCUT2D eigenvalue weighted by atomic mass is 32.1. The average molecular weight is 343 g/mol. The lowest BCUT2D eigenvalue weighted by Gasteiger charge is -2.34. The minimum atomic E-state index is 0.311. The third-order valence-electron chi connectivity index (χ3n) is 4.68. The van der Waals surface area contributed by atoms with Crippen molar-refractivity contribution in [2.24, 2.45) is 5.92 Å². The Bertz CT molecular complexity index is 772. The summed E-state index contributed by atoms with van der Waals surface area (Å²) < 4.78 is 2.46. The van der Waals surface area contributed by atoms with Gasteiger partial charge in [-0.2, -0.15) is 4.98 Å². The number of hydrogen-bond acceptors (Lipinski definition) is 4. The minimum absolute atomic E-state index is 0.311. The molecule has 1 aromatic carbocycles. The van der Waals surface area contributed by atoms with Gasteiger partial charge in [-0.15, -0.1) is 0 Å². The van der Waals surface area contributed by atoms with Crippen molar-refractivity contribution >= 4 is 18.1 Å². The van der Waals surface area contributed by atoms with Gasteiger partial charge in [0.15, 0.2) is 5.82 Å². The predicted octanol–water partition coefficient (Wildman–Crippen LogP) is 2.12. The third kappa shape index (κ3) is 3.27. The lowest BCUT2D eigenvalue weighted by atomic mass is 10.2. The molecular formula is C17H21N5OS. The van der Waals surface area contributed by atoms with Crippen molar-refractivity contribution in [2.75, 3.05) is 26.2 Å². The standard InChI is InChI=1S/C17H21N5OS/c23-16(14-6-7-14)21-10-8-20(9-11-21)12-22-17(24)18-15(19-22)13-4-2-1-3-5-13/h1-5,14H,6-12H2,(H,18,19,24). The van der Waals surface area contributed by atoms with Gasteiger partial charge in [0.25, 0.3) is 0 Å². The van der Waals surface area contributed by atoms with E-state index in [0.717, 1.165) is 50.4 Å². The highest BCUT2D eigenvalue weighted by Crippen LogP contribution is 2.31. The second kappa shape index (κ2) is 6.49. The molecule has 1 aliphatic carbocycles. The maximum Gasteiger partial charge on any atom is 0.225 e. The first-order valence-electron chi connectivity index (χ1n) is 8.44. The zero-order valence-electron chi connectivity index (χ0n) is 13.5. The Balaban J connectivity index is 1.39. The molecule has 1 aromatic heterocycles. The fourth-order valence-electron chi connectivity index (χ4n) is 3.08. The second-order valence-corrected chi connectivity index (χ2v) is 6.87. The van der Waals surface area contributed by atoms with Gasteiger partial charge < -0.3 is 4.90 Å². The van der Waals surface area contributed by atoms with Crippen LogP contribution in [0.15, 0.2) is 30.3 Å². The average Bonchev–Trinajstić information content (AvgIpc) is 3.40. The molecule has 4 rings (SSSR count). The lowest BCUT2D eigenvalue weighted by molar-refractivity contribution is -0.134. The molecule has 2 aromatic rings. The van der Waals surface area contributed by atoms with Gasteiger partial charge in [-0.05, 0) is 25.1 Å². The van der Waals surface area contributed by atoms with Crippen LogP contribution >= 0.6 is 12.2 Å². The summed E-state index contributed by atoms with van der Waals surface area (Å²) in [6, 6.07) is 9.99. The Morgan fingerprint density at radius 2 is 1.88 bits per heavy atom. The van der Waals surface area contributed by atoms with E-state index in [1.807, 2.05) is 39.9 Å². The number of nitrogens with zero attached hydrogens (tertiary/aromatic N) is 4. The topological polar surface area (TPSA) is 57.2 Å². The molecule has 1 amide bonds. The molecule has 2 fully saturated rings. The van der Waals surface area contributed by atoms with Crippen molar-refractivity contribution in [3.05, 3.63) is 35.1 Å². The molecule has 2 heterocycles. The van der Waals surface area contributed by atoms with E-state index in [1.54, 1.807) is 0 Å². The summed E-state index contributed by atoms with van der Waals surface area (Å²) in [7, 11) is 0. The first-order chi connectivity index (χ1) is 11.7. The van der Waals surface area contributed by atoms with E-state index in [4.69, 9.17) is 12.2 Å². The lowest BCUT2D eigenvalue weighted by Crippen LogP contribution is -2.49. The van der Waals surface area contributed by atoms with E-state index in [2.05, 4.69) is 15.0 Å². The van der Waals surface area contributed by atoms with E-state index in [-0.39, 0.29) is 0 Å². The zero-order chi connectivity index (χ0) is 16.5. The SMILES string of the molecule is O=C(C1CC1)N1CCN(Cn2[nH]c(-c3ccccc3)nc2=S)CC1. The molecule has 126 valence electrons. The molecule has 0 bridgehead atoms. The predicted molar refractivity (Wildman–Crippen MR) is 93.7 cm³/mol. The van der Waals surface area contributed by atoms with Crippen LogP contribution in [-0.4, -0.2) is 56.7 Å². The summed E-state index contributed by atoms with van der Waals surface area (Å²) in [4.78, 5) is 20.9. The largest absolute Gasteiger partial charge is 0.340 e. The number of hydrogen-bond donors (Lipinski definition) is 1. The molecule has 7 heteroatoms. The van der Waals surface area contributed by atoms with E-state index < -0.39 is 0 Å². The van der Waals surface area contributed by atoms with Gasteiger partial charge in [0.2, 0.25) is 10.7 Å². The molecule has 2 aliphatic rings. The molecule has 1 saturated carbocycles. The summed E-state index contributed by atoms with van der Waals surface area (Å²) in [5.41, 5.74) is 1.03. The van der Waals surface area contributed by atoms with Crippen molar-refractivity contribution < 1.29 is 4.79 Å². The number of nitrogens with one attached hydrogen (secondary N) is 1. The number of amides is 1. The van der Waals surface area contributed by atoms with Crippen molar-refractivity contribution in [1.82, 2.24) is 24.6 Å². The zero-order valence-corrected chi connectivity index (χ0v) is 14.3. The molecule has 6 nitrogen and oxygen atoms in total. The number of aromatic nitrogens is 3. The highest BCUT2D eigenvalue weighted by Gasteiger charge is 2.34. The van der Waals surface area contributed by atoms with Crippen molar-refractivity contribution in [1.29, 1.82) is 0 Å². The Morgan fingerprint density at radius 3 is 2.54 bits per heavy atom. The smallest absolute Gasteiger partial charge is 0.225 e. The van der Waals surface area contributed by atoms with Crippen molar-refractivity contribution in [3.8, 4) is 11.4 Å². The number of piperazine rings is 1. The van der Waals surface area contributed by atoms with Crippen LogP contribution in [0.4, 0.5) is 0 Å². The molecule has 1 saturated heterocycles. The molecule has 1 aliphatic heterocycles. The van der Waals surface area contributed by atoms with Crippen LogP contribution in [0.3, 0.4) is 0 Å². The van der Waals surface area contributed by atoms with Crippen LogP contribution in [0, 0.1) is 10.7 Å². The van der Waals surface area contributed by atoms with Crippen molar-refractivity contribution in [2.45, 2.75) is 19.5 Å². The second-order valence-electron chi connectivity index (χ2n) is 6.51. The normalized spacial score (nSPS) is 18.8. The monoisotopic (exact) mass is 343 g/mol. The van der Waals surface area contributed by atoms with Crippen LogP contribution < -0.4 is 0 Å². The first kappa shape index (κ1) is 15.5. The van der Waals surface area contributed by atoms with Gasteiger partial charge in [-0.1, -0.05) is 30.3 Å². The van der Waals surface area contributed by atoms with Crippen molar-refractivity contribution in [3.63, 3.8) is 0 Å². The van der Waals surface area contributed by atoms with Crippen LogP contribution in [0.2, 0.25) is 0 Å². The number of benzene rings is 1. The van der Waals surface area contributed by atoms with Crippen LogP contribution in [0.1, 0.15) is 12.8 Å². The summed E-state index contributed by atoms with van der Waals surface area (Å²) in [6.45, 7) is 4.05. The van der Waals surface area contributed by atoms with Gasteiger partial charge >= 0.3 is 0 Å². The quantitative estimate of drug-likeness (QED) is 0.864. The van der Waals surface area contributed by atoms with E-state index in [1.165, 1.54) is 0 Å². The number of rotatable bonds is 4. The fourth-order valence-corrected chi connectivity index (χ4v) is 3.27. The summed E-state index contributed by atoms with van der Waals surface area (Å²) in [5, 5.41) is 3.29. The van der Waals surface area contributed by atoms with Gasteiger partial charge in [0.05, 0.1) is 6.67 Å². The van der Waals surface area contributed by atoms with E-state index >= 15 is 0 Å². The molecule has 1 N–H and O–H groups in total. The van der Waals surface area contributed by atoms with Crippen LogP contribution in [0.25, 0.3) is 11.4 Å². The number of aromatic amines is 1. The third-order valence-corrected chi connectivity index (χ3v) is 4.99. The maximum atomic E-state index is 12.1. The van der Waals surface area contributed by atoms with Gasteiger partial charge in [0, 0.05) is 37.7 Å². The number of carbonyl (C=O) groups is 1. The summed E-state index contributed by atoms with van der Waals surface area (Å²) in [6.07, 6.45) is 2.15. The summed E-state index contributed by atoms with van der Waals surface area (Å²) in [5.74, 6) is 1.45. The Labute approximate surface area is 146 Å². The summed E-state index contributed by atoms with van der Waals surface area (Å²) >= 11 is 5.38. The molecular weight excluding hydrogens is 322 g/mol. The Hall–Kier alpha value is -1.99. The minimum Gasteiger partial charge on any atom is -0.340 e.